The molecule has 0 bridgehead atoms. The van der Waals surface area contributed by atoms with Gasteiger partial charge in [-0.2, -0.15) is 8.42 Å². The second-order valence-electron chi connectivity index (χ2n) is 4.47. The molecule has 0 amide bonds. The van der Waals surface area contributed by atoms with Gasteiger partial charge in [0, 0.05) is 4.47 Å². The van der Waals surface area contributed by atoms with Crippen molar-refractivity contribution in [3.05, 3.63) is 34.3 Å². The lowest BCUT2D eigenvalue weighted by molar-refractivity contribution is 0.307. The second-order valence-corrected chi connectivity index (χ2v) is 7.03. The van der Waals surface area contributed by atoms with Crippen LogP contribution in [0.4, 0.5) is 0 Å². The quantitative estimate of drug-likeness (QED) is 0.784. The third kappa shape index (κ3) is 4.08. The molecule has 1 aromatic rings. The number of benzene rings is 1. The van der Waals surface area contributed by atoms with Crippen LogP contribution in [0.3, 0.4) is 0 Å². The predicted octanol–water partition coefficient (Wildman–Crippen LogP) is 2.92. The SMILES string of the molecule is CS(=O)(=O)OCCC1CC1c1ccc(Br)cc1. The maximum absolute atomic E-state index is 10.8. The molecule has 0 heterocycles. The van der Waals surface area contributed by atoms with Crippen molar-refractivity contribution >= 4 is 26.0 Å². The van der Waals surface area contributed by atoms with Crippen molar-refractivity contribution in [3.8, 4) is 0 Å². The summed E-state index contributed by atoms with van der Waals surface area (Å²) in [7, 11) is -3.29. The number of hydrogen-bond acceptors (Lipinski definition) is 3. The number of rotatable bonds is 5. The van der Waals surface area contributed by atoms with Crippen molar-refractivity contribution in [2.45, 2.75) is 18.8 Å². The van der Waals surface area contributed by atoms with Crippen molar-refractivity contribution in [1.29, 1.82) is 0 Å². The molecule has 0 saturated heterocycles. The first-order valence-corrected chi connectivity index (χ1v) is 8.16. The Hall–Kier alpha value is -0.390. The van der Waals surface area contributed by atoms with Crippen molar-refractivity contribution < 1.29 is 12.6 Å². The van der Waals surface area contributed by atoms with Crippen molar-refractivity contribution in [2.24, 2.45) is 5.92 Å². The van der Waals surface area contributed by atoms with Gasteiger partial charge in [-0.15, -0.1) is 0 Å². The van der Waals surface area contributed by atoms with E-state index in [9.17, 15) is 8.42 Å². The van der Waals surface area contributed by atoms with Gasteiger partial charge in [-0.1, -0.05) is 28.1 Å². The molecule has 0 aliphatic heterocycles. The van der Waals surface area contributed by atoms with Gasteiger partial charge < -0.3 is 0 Å². The fourth-order valence-corrected chi connectivity index (χ4v) is 2.70. The highest BCUT2D eigenvalue weighted by molar-refractivity contribution is 9.10. The molecule has 1 aliphatic carbocycles. The molecule has 1 saturated carbocycles. The van der Waals surface area contributed by atoms with Crippen LogP contribution >= 0.6 is 15.9 Å². The highest BCUT2D eigenvalue weighted by Crippen LogP contribution is 2.49. The lowest BCUT2D eigenvalue weighted by Gasteiger charge is -2.02. The zero-order valence-electron chi connectivity index (χ0n) is 9.60. The first-order chi connectivity index (χ1) is 7.96. The van der Waals surface area contributed by atoms with E-state index in [1.165, 1.54) is 5.56 Å². The molecular weight excluding hydrogens is 304 g/mol. The van der Waals surface area contributed by atoms with Gasteiger partial charge >= 0.3 is 0 Å². The summed E-state index contributed by atoms with van der Waals surface area (Å²) in [4.78, 5) is 0. The van der Waals surface area contributed by atoms with E-state index in [4.69, 9.17) is 4.18 Å². The van der Waals surface area contributed by atoms with E-state index >= 15 is 0 Å². The predicted molar refractivity (Wildman–Crippen MR) is 70.4 cm³/mol. The number of hydrogen-bond donors (Lipinski definition) is 0. The van der Waals surface area contributed by atoms with E-state index in [0.717, 1.165) is 23.6 Å². The lowest BCUT2D eigenvalue weighted by Crippen LogP contribution is -2.04. The average Bonchev–Trinajstić information content (AvgIpc) is 2.96. The molecule has 0 radical (unpaired) electrons. The second kappa shape index (κ2) is 5.08. The van der Waals surface area contributed by atoms with E-state index in [1.807, 2.05) is 12.1 Å². The molecule has 3 nitrogen and oxygen atoms in total. The summed E-state index contributed by atoms with van der Waals surface area (Å²) < 4.78 is 27.4. The summed E-state index contributed by atoms with van der Waals surface area (Å²) in [5, 5.41) is 0. The number of halogens is 1. The van der Waals surface area contributed by atoms with Gasteiger partial charge in [-0.3, -0.25) is 4.18 Å². The minimum absolute atomic E-state index is 0.302. The Kier molecular flexibility index (Phi) is 3.90. The Morgan fingerprint density at radius 2 is 2.00 bits per heavy atom. The van der Waals surface area contributed by atoms with Crippen LogP contribution in [0, 0.1) is 5.92 Å². The topological polar surface area (TPSA) is 43.4 Å². The summed E-state index contributed by atoms with van der Waals surface area (Å²) in [6.07, 6.45) is 3.04. The fourth-order valence-electron chi connectivity index (χ4n) is 2.04. The van der Waals surface area contributed by atoms with Crippen LogP contribution in [0.2, 0.25) is 0 Å². The largest absolute Gasteiger partial charge is 0.270 e. The van der Waals surface area contributed by atoms with Gasteiger partial charge in [0.05, 0.1) is 12.9 Å². The third-order valence-electron chi connectivity index (χ3n) is 3.01. The van der Waals surface area contributed by atoms with E-state index < -0.39 is 10.1 Å². The normalized spacial score (nSPS) is 23.6. The molecular formula is C12H15BrO3S. The molecule has 94 valence electrons. The van der Waals surface area contributed by atoms with Gasteiger partial charge in [0.2, 0.25) is 0 Å². The third-order valence-corrected chi connectivity index (χ3v) is 4.13. The van der Waals surface area contributed by atoms with E-state index in [-0.39, 0.29) is 0 Å². The van der Waals surface area contributed by atoms with Crippen LogP contribution in [0.1, 0.15) is 24.3 Å². The van der Waals surface area contributed by atoms with Gasteiger partial charge in [0.1, 0.15) is 0 Å². The van der Waals surface area contributed by atoms with Crippen LogP contribution in [0.5, 0.6) is 0 Å². The molecule has 2 atom stereocenters. The Morgan fingerprint density at radius 1 is 1.35 bits per heavy atom. The maximum atomic E-state index is 10.8. The van der Waals surface area contributed by atoms with Gasteiger partial charge in [0.25, 0.3) is 10.1 Å². The molecule has 2 unspecified atom stereocenters. The zero-order valence-corrected chi connectivity index (χ0v) is 12.0. The summed E-state index contributed by atoms with van der Waals surface area (Å²) in [5.74, 6) is 1.14. The van der Waals surface area contributed by atoms with Crippen LogP contribution in [0.15, 0.2) is 28.7 Å². The van der Waals surface area contributed by atoms with Crippen LogP contribution in [-0.4, -0.2) is 21.3 Å². The van der Waals surface area contributed by atoms with Crippen molar-refractivity contribution in [2.75, 3.05) is 12.9 Å². The van der Waals surface area contributed by atoms with E-state index in [2.05, 4.69) is 28.1 Å². The zero-order chi connectivity index (χ0) is 12.5. The van der Waals surface area contributed by atoms with Gasteiger partial charge in [-0.05, 0) is 42.4 Å². The highest BCUT2D eigenvalue weighted by Gasteiger charge is 2.37. The van der Waals surface area contributed by atoms with Crippen LogP contribution in [-0.2, 0) is 14.3 Å². The Bertz CT molecular complexity index is 481. The molecule has 0 aromatic heterocycles. The molecule has 17 heavy (non-hydrogen) atoms. The molecule has 1 aliphatic rings. The standard InChI is InChI=1S/C12H15BrO3S/c1-17(14,15)16-7-6-10-8-12(10)9-2-4-11(13)5-3-9/h2-5,10,12H,6-8H2,1H3. The summed E-state index contributed by atoms with van der Waals surface area (Å²) >= 11 is 3.41. The van der Waals surface area contributed by atoms with Crippen LogP contribution < -0.4 is 0 Å². The van der Waals surface area contributed by atoms with Crippen LogP contribution in [0.25, 0.3) is 0 Å². The molecule has 2 rings (SSSR count). The van der Waals surface area contributed by atoms with E-state index in [1.54, 1.807) is 0 Å². The monoisotopic (exact) mass is 318 g/mol. The molecule has 0 spiro atoms. The average molecular weight is 319 g/mol. The minimum Gasteiger partial charge on any atom is -0.270 e. The first kappa shape index (κ1) is 13.1. The Labute approximate surface area is 110 Å². The summed E-state index contributed by atoms with van der Waals surface area (Å²) in [5.41, 5.74) is 1.33. The minimum atomic E-state index is -3.29. The summed E-state index contributed by atoms with van der Waals surface area (Å²) in [6, 6.07) is 8.31. The van der Waals surface area contributed by atoms with Gasteiger partial charge in [0.15, 0.2) is 0 Å². The first-order valence-electron chi connectivity index (χ1n) is 5.55. The fraction of sp³-hybridized carbons (Fsp3) is 0.500. The smallest absolute Gasteiger partial charge is 0.264 e. The van der Waals surface area contributed by atoms with Crippen molar-refractivity contribution in [1.82, 2.24) is 0 Å². The molecule has 1 fully saturated rings. The maximum Gasteiger partial charge on any atom is 0.264 e. The molecule has 1 aromatic carbocycles. The van der Waals surface area contributed by atoms with E-state index in [0.29, 0.717) is 18.4 Å². The van der Waals surface area contributed by atoms with Gasteiger partial charge in [-0.25, -0.2) is 0 Å². The summed E-state index contributed by atoms with van der Waals surface area (Å²) in [6.45, 7) is 0.302. The molecule has 0 N–H and O–H groups in total. The molecule has 5 heteroatoms. The Morgan fingerprint density at radius 3 is 2.59 bits per heavy atom. The van der Waals surface area contributed by atoms with Crippen molar-refractivity contribution in [3.63, 3.8) is 0 Å². The lowest BCUT2D eigenvalue weighted by atomic mass is 10.1. The Balaban J connectivity index is 1.79. The highest BCUT2D eigenvalue weighted by atomic mass is 79.9.